The van der Waals surface area contributed by atoms with Crippen LogP contribution in [-0.4, -0.2) is 49.1 Å². The van der Waals surface area contributed by atoms with Gasteiger partial charge in [-0.3, -0.25) is 0 Å². The van der Waals surface area contributed by atoms with Crippen molar-refractivity contribution >= 4 is 27.2 Å². The lowest BCUT2D eigenvalue weighted by Gasteiger charge is -2.34. The van der Waals surface area contributed by atoms with Gasteiger partial charge in [0.1, 0.15) is 4.21 Å². The average molecular weight is 352 g/mol. The number of aryl methyl sites for hydroxylation is 2. The number of thiophene rings is 1. The van der Waals surface area contributed by atoms with E-state index in [1.807, 2.05) is 32.0 Å². The summed E-state index contributed by atoms with van der Waals surface area (Å²) >= 11 is 1.37. The summed E-state index contributed by atoms with van der Waals surface area (Å²) in [7, 11) is -3.37. The normalized spacial score (nSPS) is 16.7. The molecule has 2 aromatic rings. The number of hydrogen-bond acceptors (Lipinski definition) is 6. The summed E-state index contributed by atoms with van der Waals surface area (Å²) in [5.41, 5.74) is 0.874. The van der Waals surface area contributed by atoms with E-state index in [1.165, 1.54) is 11.3 Å². The molecule has 0 aliphatic carbocycles. The molecule has 1 saturated heterocycles. The van der Waals surface area contributed by atoms with Gasteiger partial charge >= 0.3 is 0 Å². The summed E-state index contributed by atoms with van der Waals surface area (Å²) in [6.07, 6.45) is 0.861. The predicted octanol–water partition coefficient (Wildman–Crippen LogP) is 1.92. The fourth-order valence-electron chi connectivity index (χ4n) is 2.53. The van der Waals surface area contributed by atoms with Crippen molar-refractivity contribution in [2.24, 2.45) is 0 Å². The first-order chi connectivity index (χ1) is 11.0. The molecule has 6 nitrogen and oxygen atoms in total. The van der Waals surface area contributed by atoms with E-state index in [1.54, 1.807) is 10.4 Å². The van der Waals surface area contributed by atoms with E-state index >= 15 is 0 Å². The van der Waals surface area contributed by atoms with E-state index < -0.39 is 10.0 Å². The van der Waals surface area contributed by atoms with Crippen molar-refractivity contribution in [3.8, 4) is 0 Å². The molecule has 124 valence electrons. The Labute approximate surface area is 140 Å². The van der Waals surface area contributed by atoms with Crippen LogP contribution in [0.2, 0.25) is 0 Å². The lowest BCUT2D eigenvalue weighted by atomic mass is 10.3. The van der Waals surface area contributed by atoms with Crippen molar-refractivity contribution in [2.75, 3.05) is 31.1 Å². The minimum absolute atomic E-state index is 0.443. The molecule has 0 spiro atoms. The number of aromatic nitrogens is 2. The second kappa shape index (κ2) is 6.54. The molecule has 3 rings (SSSR count). The van der Waals surface area contributed by atoms with Crippen LogP contribution in [0.3, 0.4) is 0 Å². The van der Waals surface area contributed by atoms with E-state index in [9.17, 15) is 8.42 Å². The molecule has 0 bridgehead atoms. The molecule has 2 aromatic heterocycles. The molecule has 1 aliphatic rings. The monoisotopic (exact) mass is 352 g/mol. The maximum Gasteiger partial charge on any atom is 0.252 e. The number of rotatable bonds is 4. The van der Waals surface area contributed by atoms with E-state index in [4.69, 9.17) is 0 Å². The molecule has 1 fully saturated rings. The van der Waals surface area contributed by atoms with Gasteiger partial charge in [-0.05, 0) is 37.6 Å². The summed E-state index contributed by atoms with van der Waals surface area (Å²) in [5.74, 6) is 0.803. The van der Waals surface area contributed by atoms with Gasteiger partial charge in [0.2, 0.25) is 0 Å². The zero-order valence-corrected chi connectivity index (χ0v) is 14.9. The topological polar surface area (TPSA) is 66.4 Å². The molecule has 0 amide bonds. The van der Waals surface area contributed by atoms with E-state index in [0.717, 1.165) is 22.8 Å². The number of piperazine rings is 1. The number of hydrogen-bond donors (Lipinski definition) is 0. The molecule has 23 heavy (non-hydrogen) atoms. The van der Waals surface area contributed by atoms with Crippen molar-refractivity contribution in [2.45, 2.75) is 24.5 Å². The first-order valence-electron chi connectivity index (χ1n) is 7.65. The van der Waals surface area contributed by atoms with Gasteiger partial charge in [0.15, 0.2) is 5.82 Å². The van der Waals surface area contributed by atoms with Crippen LogP contribution in [0, 0.1) is 6.92 Å². The Morgan fingerprint density at radius 1 is 1.09 bits per heavy atom. The van der Waals surface area contributed by atoms with E-state index in [0.29, 0.717) is 30.4 Å². The molecule has 0 atom stereocenters. The minimum Gasteiger partial charge on any atom is -0.352 e. The zero-order valence-electron chi connectivity index (χ0n) is 13.3. The van der Waals surface area contributed by atoms with Gasteiger partial charge in [-0.25, -0.2) is 8.42 Å². The van der Waals surface area contributed by atoms with E-state index in [-0.39, 0.29) is 0 Å². The standard InChI is InChI=1S/C15H20N4O2S2/c1-3-13-5-7-15(22-13)23(20,21)19-10-8-18(9-11-19)14-6-4-12(2)16-17-14/h4-7H,3,8-11H2,1-2H3. The van der Waals surface area contributed by atoms with Gasteiger partial charge in [-0.15, -0.1) is 16.4 Å². The maximum absolute atomic E-state index is 12.7. The lowest BCUT2D eigenvalue weighted by Crippen LogP contribution is -2.48. The largest absolute Gasteiger partial charge is 0.352 e. The third-order valence-corrected chi connectivity index (χ3v) is 7.52. The van der Waals surface area contributed by atoms with Gasteiger partial charge in [0, 0.05) is 31.1 Å². The molecular weight excluding hydrogens is 332 g/mol. The molecule has 0 radical (unpaired) electrons. The lowest BCUT2D eigenvalue weighted by molar-refractivity contribution is 0.384. The second-order valence-electron chi connectivity index (χ2n) is 5.50. The first kappa shape index (κ1) is 16.4. The molecule has 8 heteroatoms. The third-order valence-electron chi connectivity index (χ3n) is 3.93. The van der Waals surface area contributed by atoms with Crippen molar-refractivity contribution in [3.05, 3.63) is 34.8 Å². The Morgan fingerprint density at radius 3 is 2.39 bits per heavy atom. The highest BCUT2D eigenvalue weighted by Crippen LogP contribution is 2.26. The fraction of sp³-hybridized carbons (Fsp3) is 0.467. The number of nitrogens with zero attached hydrogens (tertiary/aromatic N) is 4. The van der Waals surface area contributed by atoms with E-state index in [2.05, 4.69) is 15.1 Å². The summed E-state index contributed by atoms with van der Waals surface area (Å²) in [5, 5.41) is 8.23. The van der Waals surface area contributed by atoms with Crippen molar-refractivity contribution in [1.29, 1.82) is 0 Å². The van der Waals surface area contributed by atoms with Crippen LogP contribution in [0.1, 0.15) is 17.5 Å². The van der Waals surface area contributed by atoms with Gasteiger partial charge in [0.25, 0.3) is 10.0 Å². The molecule has 0 N–H and O–H groups in total. The predicted molar refractivity (Wildman–Crippen MR) is 91.4 cm³/mol. The number of anilines is 1. The summed E-state index contributed by atoms with van der Waals surface area (Å²) in [6, 6.07) is 7.47. The van der Waals surface area contributed by atoms with Gasteiger partial charge in [-0.1, -0.05) is 6.92 Å². The Hall–Kier alpha value is -1.51. The summed E-state index contributed by atoms with van der Waals surface area (Å²) in [4.78, 5) is 3.17. The second-order valence-corrected chi connectivity index (χ2v) is 8.83. The summed E-state index contributed by atoms with van der Waals surface area (Å²) in [6.45, 7) is 6.12. The van der Waals surface area contributed by atoms with Crippen molar-refractivity contribution in [1.82, 2.24) is 14.5 Å². The molecule has 0 unspecified atom stereocenters. The zero-order chi connectivity index (χ0) is 16.4. The van der Waals surface area contributed by atoms with Crippen molar-refractivity contribution in [3.63, 3.8) is 0 Å². The maximum atomic E-state index is 12.7. The molecular formula is C15H20N4O2S2. The highest BCUT2D eigenvalue weighted by Gasteiger charge is 2.30. The smallest absolute Gasteiger partial charge is 0.252 e. The molecule has 3 heterocycles. The van der Waals surface area contributed by atoms with Crippen LogP contribution in [-0.2, 0) is 16.4 Å². The average Bonchev–Trinajstić information content (AvgIpc) is 3.06. The molecule has 0 aromatic carbocycles. The van der Waals surface area contributed by atoms with Crippen LogP contribution in [0.15, 0.2) is 28.5 Å². The van der Waals surface area contributed by atoms with Crippen LogP contribution in [0.5, 0.6) is 0 Å². The Morgan fingerprint density at radius 2 is 1.83 bits per heavy atom. The third kappa shape index (κ3) is 3.39. The van der Waals surface area contributed by atoms with Gasteiger partial charge < -0.3 is 4.90 Å². The SMILES string of the molecule is CCc1ccc(S(=O)(=O)N2CCN(c3ccc(C)nn3)CC2)s1. The van der Waals surface area contributed by atoms with Crippen LogP contribution in [0.4, 0.5) is 5.82 Å². The van der Waals surface area contributed by atoms with Crippen LogP contribution < -0.4 is 4.90 Å². The van der Waals surface area contributed by atoms with Gasteiger partial charge in [0.05, 0.1) is 5.69 Å². The van der Waals surface area contributed by atoms with Crippen molar-refractivity contribution < 1.29 is 8.42 Å². The fourth-order valence-corrected chi connectivity index (χ4v) is 5.40. The van der Waals surface area contributed by atoms with Crippen LogP contribution >= 0.6 is 11.3 Å². The van der Waals surface area contributed by atoms with Gasteiger partial charge in [-0.2, -0.15) is 9.40 Å². The minimum atomic E-state index is -3.37. The highest BCUT2D eigenvalue weighted by atomic mass is 32.2. The Kier molecular flexibility index (Phi) is 4.65. The highest BCUT2D eigenvalue weighted by molar-refractivity contribution is 7.91. The van der Waals surface area contributed by atoms with Crippen LogP contribution in [0.25, 0.3) is 0 Å². The quantitative estimate of drug-likeness (QED) is 0.841. The molecule has 0 saturated carbocycles. The molecule has 1 aliphatic heterocycles. The Bertz CT molecular complexity index is 763. The Balaban J connectivity index is 1.69. The summed E-state index contributed by atoms with van der Waals surface area (Å²) < 4.78 is 27.4. The first-order valence-corrected chi connectivity index (χ1v) is 9.90. The number of sulfonamides is 1.